The monoisotopic (exact) mass is 176 g/mol. The van der Waals surface area contributed by atoms with Gasteiger partial charge >= 0.3 is 0 Å². The predicted molar refractivity (Wildman–Crippen MR) is 55.4 cm³/mol. The second kappa shape index (κ2) is 3.36. The van der Waals surface area contributed by atoms with Crippen molar-refractivity contribution in [3.8, 4) is 0 Å². The maximum atomic E-state index is 2.23. The van der Waals surface area contributed by atoms with E-state index in [1.165, 1.54) is 28.2 Å². The molecule has 0 bridgehead atoms. The highest BCUT2D eigenvalue weighted by molar-refractivity contribution is 7.99. The number of allylic oxidation sites excluding steroid dienone is 2. The molecule has 0 nitrogen and oxygen atoms in total. The van der Waals surface area contributed by atoms with Gasteiger partial charge in [0.25, 0.3) is 0 Å². The second-order valence-corrected chi connectivity index (χ2v) is 4.05. The molecule has 0 atom stereocenters. The molecule has 1 aliphatic heterocycles. The number of hydrogen-bond acceptors (Lipinski definition) is 1. The molecule has 0 aromatic heterocycles. The summed E-state index contributed by atoms with van der Waals surface area (Å²) in [5.74, 6) is 1.23. The Balaban J connectivity index is 2.51. The molecular weight excluding hydrogens is 164 g/mol. The molecule has 1 heteroatoms. The Hall–Kier alpha value is -0.690. The van der Waals surface area contributed by atoms with E-state index in [0.29, 0.717) is 0 Å². The van der Waals surface area contributed by atoms with Crippen LogP contribution in [-0.2, 0) is 0 Å². The van der Waals surface area contributed by atoms with E-state index in [2.05, 4.69) is 37.3 Å². The van der Waals surface area contributed by atoms with Gasteiger partial charge in [-0.1, -0.05) is 24.3 Å². The summed E-state index contributed by atoms with van der Waals surface area (Å²) in [6, 6.07) is 8.66. The lowest BCUT2D eigenvalue weighted by Crippen LogP contribution is -1.96. The first-order valence-corrected chi connectivity index (χ1v) is 5.28. The third-order valence-corrected chi connectivity index (χ3v) is 3.29. The lowest BCUT2D eigenvalue weighted by atomic mass is 10.0. The maximum Gasteiger partial charge on any atom is 0.0147 e. The van der Waals surface area contributed by atoms with Gasteiger partial charge in [-0.2, -0.15) is 0 Å². The van der Waals surface area contributed by atoms with Crippen LogP contribution in [-0.4, -0.2) is 5.75 Å². The smallest absolute Gasteiger partial charge is 0.0147 e. The van der Waals surface area contributed by atoms with Crippen molar-refractivity contribution in [3.63, 3.8) is 0 Å². The van der Waals surface area contributed by atoms with E-state index in [0.717, 1.165) is 0 Å². The largest absolute Gasteiger partial charge is 0.125 e. The molecule has 1 aliphatic rings. The lowest BCUT2D eigenvalue weighted by Gasteiger charge is -2.17. The van der Waals surface area contributed by atoms with Crippen molar-refractivity contribution in [2.45, 2.75) is 18.2 Å². The van der Waals surface area contributed by atoms with Gasteiger partial charge in [-0.3, -0.25) is 0 Å². The first-order chi connectivity index (χ1) is 5.92. The normalized spacial score (nSPS) is 19.2. The van der Waals surface area contributed by atoms with Crippen molar-refractivity contribution in [1.29, 1.82) is 0 Å². The van der Waals surface area contributed by atoms with E-state index in [9.17, 15) is 0 Å². The quantitative estimate of drug-likeness (QED) is 0.582. The van der Waals surface area contributed by atoms with Crippen LogP contribution in [0.2, 0.25) is 0 Å². The molecule has 0 unspecified atom stereocenters. The molecule has 1 aromatic rings. The molecule has 0 saturated carbocycles. The summed E-state index contributed by atoms with van der Waals surface area (Å²) in [6.45, 7) is 2.13. The Morgan fingerprint density at radius 2 is 2.17 bits per heavy atom. The number of thioether (sulfide) groups is 1. The minimum Gasteiger partial charge on any atom is -0.125 e. The SMILES string of the molecule is C/C=C1/CCSc2ccccc21. The van der Waals surface area contributed by atoms with Gasteiger partial charge in [0.1, 0.15) is 0 Å². The fourth-order valence-corrected chi connectivity index (χ4v) is 2.63. The molecule has 0 fully saturated rings. The minimum absolute atomic E-state index is 1.22. The summed E-state index contributed by atoms with van der Waals surface area (Å²) < 4.78 is 0. The zero-order valence-electron chi connectivity index (χ0n) is 7.21. The van der Waals surface area contributed by atoms with Crippen molar-refractivity contribution in [2.75, 3.05) is 5.75 Å². The average molecular weight is 176 g/mol. The van der Waals surface area contributed by atoms with Gasteiger partial charge in [-0.25, -0.2) is 0 Å². The second-order valence-electron chi connectivity index (χ2n) is 2.91. The van der Waals surface area contributed by atoms with E-state index in [1.807, 2.05) is 11.8 Å². The summed E-state index contributed by atoms with van der Waals surface area (Å²) in [5, 5.41) is 0. The number of fused-ring (bicyclic) bond motifs is 1. The van der Waals surface area contributed by atoms with Crippen LogP contribution < -0.4 is 0 Å². The Labute approximate surface area is 77.7 Å². The fraction of sp³-hybridized carbons (Fsp3) is 0.273. The summed E-state index contributed by atoms with van der Waals surface area (Å²) in [4.78, 5) is 1.44. The van der Waals surface area contributed by atoms with Crippen LogP contribution in [0.5, 0.6) is 0 Å². The number of hydrogen-bond donors (Lipinski definition) is 0. The first kappa shape index (κ1) is 7.93. The molecular formula is C11H12S. The highest BCUT2D eigenvalue weighted by Crippen LogP contribution is 2.36. The van der Waals surface area contributed by atoms with Gasteiger partial charge in [-0.05, 0) is 30.5 Å². The van der Waals surface area contributed by atoms with Crippen molar-refractivity contribution in [2.24, 2.45) is 0 Å². The molecule has 1 aromatic carbocycles. The van der Waals surface area contributed by atoms with Gasteiger partial charge in [0, 0.05) is 10.6 Å². The fourth-order valence-electron chi connectivity index (χ4n) is 1.56. The van der Waals surface area contributed by atoms with Crippen LogP contribution >= 0.6 is 11.8 Å². The Morgan fingerprint density at radius 3 is 3.00 bits per heavy atom. The van der Waals surface area contributed by atoms with E-state index >= 15 is 0 Å². The minimum atomic E-state index is 1.22. The Kier molecular flexibility index (Phi) is 2.22. The van der Waals surface area contributed by atoms with Gasteiger partial charge in [0.2, 0.25) is 0 Å². The lowest BCUT2D eigenvalue weighted by molar-refractivity contribution is 1.18. The topological polar surface area (TPSA) is 0 Å². The van der Waals surface area contributed by atoms with E-state index < -0.39 is 0 Å². The highest BCUT2D eigenvalue weighted by atomic mass is 32.2. The van der Waals surface area contributed by atoms with E-state index in [-0.39, 0.29) is 0 Å². The zero-order chi connectivity index (χ0) is 8.39. The summed E-state index contributed by atoms with van der Waals surface area (Å²) in [7, 11) is 0. The summed E-state index contributed by atoms with van der Waals surface area (Å²) in [5.41, 5.74) is 2.94. The predicted octanol–water partition coefficient (Wildman–Crippen LogP) is 3.59. The molecule has 12 heavy (non-hydrogen) atoms. The van der Waals surface area contributed by atoms with Crippen LogP contribution in [0.15, 0.2) is 35.2 Å². The summed E-state index contributed by atoms with van der Waals surface area (Å²) >= 11 is 1.97. The molecule has 0 saturated heterocycles. The number of rotatable bonds is 0. The molecule has 0 amide bonds. The first-order valence-electron chi connectivity index (χ1n) is 4.29. The van der Waals surface area contributed by atoms with Crippen molar-refractivity contribution in [3.05, 3.63) is 35.9 Å². The zero-order valence-corrected chi connectivity index (χ0v) is 8.03. The van der Waals surface area contributed by atoms with E-state index in [1.54, 1.807) is 0 Å². The van der Waals surface area contributed by atoms with Crippen LogP contribution in [0.4, 0.5) is 0 Å². The van der Waals surface area contributed by atoms with Crippen LogP contribution in [0.25, 0.3) is 5.57 Å². The van der Waals surface area contributed by atoms with Crippen LogP contribution in [0.3, 0.4) is 0 Å². The summed E-state index contributed by atoms with van der Waals surface area (Å²) in [6.07, 6.45) is 3.46. The van der Waals surface area contributed by atoms with Crippen molar-refractivity contribution < 1.29 is 0 Å². The molecule has 1 heterocycles. The number of benzene rings is 1. The molecule has 0 N–H and O–H groups in total. The third kappa shape index (κ3) is 1.29. The van der Waals surface area contributed by atoms with Crippen molar-refractivity contribution >= 4 is 17.3 Å². The Morgan fingerprint density at radius 1 is 1.33 bits per heavy atom. The molecule has 0 aliphatic carbocycles. The molecule has 62 valence electrons. The molecule has 2 rings (SSSR count). The molecule has 0 spiro atoms. The maximum absolute atomic E-state index is 2.23. The van der Waals surface area contributed by atoms with Crippen molar-refractivity contribution in [1.82, 2.24) is 0 Å². The molecule has 0 radical (unpaired) electrons. The third-order valence-electron chi connectivity index (χ3n) is 2.21. The van der Waals surface area contributed by atoms with Crippen LogP contribution in [0.1, 0.15) is 18.9 Å². The van der Waals surface area contributed by atoms with Gasteiger partial charge in [0.05, 0.1) is 0 Å². The standard InChI is InChI=1S/C11H12S/c1-2-9-7-8-12-11-6-4-3-5-10(9)11/h2-6H,7-8H2,1H3/b9-2-. The van der Waals surface area contributed by atoms with E-state index in [4.69, 9.17) is 0 Å². The van der Waals surface area contributed by atoms with Gasteiger partial charge in [-0.15, -0.1) is 11.8 Å². The Bertz CT molecular complexity index is 313. The van der Waals surface area contributed by atoms with Crippen LogP contribution in [0, 0.1) is 0 Å². The highest BCUT2D eigenvalue weighted by Gasteiger charge is 2.11. The van der Waals surface area contributed by atoms with Gasteiger partial charge < -0.3 is 0 Å². The average Bonchev–Trinajstić information content (AvgIpc) is 2.17. The van der Waals surface area contributed by atoms with Gasteiger partial charge in [0.15, 0.2) is 0 Å².